The summed E-state index contributed by atoms with van der Waals surface area (Å²) in [5.74, 6) is 0.699. The second-order valence-electron chi connectivity index (χ2n) is 18.5. The van der Waals surface area contributed by atoms with Crippen LogP contribution in [0.4, 0.5) is 0 Å². The van der Waals surface area contributed by atoms with Gasteiger partial charge in [-0.15, -0.1) is 0 Å². The lowest BCUT2D eigenvalue weighted by Crippen LogP contribution is -2.69. The zero-order valence-corrected chi connectivity index (χ0v) is 32.2. The van der Waals surface area contributed by atoms with Gasteiger partial charge in [0, 0.05) is 16.4 Å². The predicted octanol–water partition coefficient (Wildman–Crippen LogP) is 7.93. The number of nitrogens with two attached hydrogens (primary N) is 1. The molecule has 4 aliphatic carbocycles. The standard InChI is InChI=1S/C38H61BrN4O4/c1-22(2)24(5)33(6)15-16-35(8)25-11-12-28-34(7)18-46-20-38(28,26(25)13-14-36(35,9)29(33)31(44)45)17-27(43-32(39)41-21-42-43)30(34)47-19-37(10,40)23(3)4/h13,21-25,27-30H,11-12,14-20,40H2,1-10H3,(H,44,45)/t24-,25+,27-,28+,29-,30+,33-,34-,35-,36+,37+,38+/m1/s1. The van der Waals surface area contributed by atoms with Crippen LogP contribution < -0.4 is 5.73 Å². The number of carboxylic acids is 1. The first-order chi connectivity index (χ1) is 21.8. The maximum Gasteiger partial charge on any atom is 0.307 e. The highest BCUT2D eigenvalue weighted by Crippen LogP contribution is 2.75. The molecule has 3 N–H and O–H groups in total. The Morgan fingerprint density at radius 1 is 1.15 bits per heavy atom. The summed E-state index contributed by atoms with van der Waals surface area (Å²) >= 11 is 3.72. The van der Waals surface area contributed by atoms with Crippen molar-refractivity contribution in [1.29, 1.82) is 0 Å². The van der Waals surface area contributed by atoms with Gasteiger partial charge in [-0.3, -0.25) is 4.79 Å². The Morgan fingerprint density at radius 2 is 1.85 bits per heavy atom. The van der Waals surface area contributed by atoms with Gasteiger partial charge in [-0.2, -0.15) is 5.10 Å². The van der Waals surface area contributed by atoms with Gasteiger partial charge in [0.2, 0.25) is 0 Å². The van der Waals surface area contributed by atoms with E-state index in [0.717, 1.165) is 38.5 Å². The third-order valence-electron chi connectivity index (χ3n) is 15.8. The minimum atomic E-state index is -0.618. The molecule has 0 amide bonds. The molecule has 4 fully saturated rings. The van der Waals surface area contributed by atoms with Crippen molar-refractivity contribution in [3.63, 3.8) is 0 Å². The van der Waals surface area contributed by atoms with E-state index in [1.54, 1.807) is 6.33 Å². The summed E-state index contributed by atoms with van der Waals surface area (Å²) in [6, 6.07) is -0.0472. The molecule has 0 radical (unpaired) electrons. The lowest BCUT2D eigenvalue weighted by atomic mass is 9.34. The molecule has 264 valence electrons. The number of carbonyl (C=O) groups is 1. The third-order valence-corrected chi connectivity index (χ3v) is 16.4. The van der Waals surface area contributed by atoms with E-state index in [-0.39, 0.29) is 45.1 Å². The van der Waals surface area contributed by atoms with E-state index in [0.29, 0.717) is 48.2 Å². The molecule has 0 unspecified atom stereocenters. The fraction of sp³-hybridized carbons (Fsp3) is 0.868. The van der Waals surface area contributed by atoms with Gasteiger partial charge in [0.15, 0.2) is 4.73 Å². The fourth-order valence-corrected chi connectivity index (χ4v) is 12.5. The highest BCUT2D eigenvalue weighted by atomic mass is 79.9. The molecule has 8 nitrogen and oxygen atoms in total. The van der Waals surface area contributed by atoms with Crippen LogP contribution in [-0.2, 0) is 14.3 Å². The Bertz CT molecular complexity index is 1410. The molecule has 12 atom stereocenters. The largest absolute Gasteiger partial charge is 0.481 e. The van der Waals surface area contributed by atoms with Crippen LogP contribution in [0.25, 0.3) is 0 Å². The van der Waals surface area contributed by atoms with Gasteiger partial charge in [0.1, 0.15) is 6.33 Å². The maximum atomic E-state index is 13.4. The topological polar surface area (TPSA) is 112 Å². The molecule has 2 heterocycles. The Hall–Kier alpha value is -1.29. The number of halogens is 1. The van der Waals surface area contributed by atoms with E-state index in [1.165, 1.54) is 5.57 Å². The van der Waals surface area contributed by atoms with Crippen molar-refractivity contribution >= 4 is 21.9 Å². The monoisotopic (exact) mass is 716 g/mol. The van der Waals surface area contributed by atoms with Crippen molar-refractivity contribution in [2.45, 2.75) is 125 Å². The minimum Gasteiger partial charge on any atom is -0.481 e. The Morgan fingerprint density at radius 3 is 2.45 bits per heavy atom. The van der Waals surface area contributed by atoms with Crippen molar-refractivity contribution in [2.75, 3.05) is 19.8 Å². The van der Waals surface area contributed by atoms with E-state index in [9.17, 15) is 9.90 Å². The Balaban J connectivity index is 1.45. The summed E-state index contributed by atoms with van der Waals surface area (Å²) in [7, 11) is 0. The number of fused-ring (bicyclic) bond motifs is 3. The molecular weight excluding hydrogens is 656 g/mol. The normalized spacial score (nSPS) is 45.0. The first-order valence-electron chi connectivity index (χ1n) is 18.3. The molecule has 47 heavy (non-hydrogen) atoms. The van der Waals surface area contributed by atoms with Gasteiger partial charge in [-0.05, 0) is 107 Å². The molecule has 1 aromatic rings. The maximum absolute atomic E-state index is 13.4. The number of nitrogens with zero attached hydrogens (tertiary/aromatic N) is 3. The SMILES string of the molecule is CC(C)[C@@H](C)[C@@]1(C)CC[C@]2(C)[C@H]3CC[C@@H]4[C@@]5(COC[C@@]4(C)[C@@H](OC[C@](C)(N)C(C)C)[C@H](n4ncnc4Br)C5)C3=CC[C@@]2(C)[C@@H]1C(=O)O. The van der Waals surface area contributed by atoms with Crippen LogP contribution in [0.15, 0.2) is 22.7 Å². The number of aliphatic carboxylic acids is 1. The summed E-state index contributed by atoms with van der Waals surface area (Å²) in [5, 5.41) is 15.8. The van der Waals surface area contributed by atoms with Crippen molar-refractivity contribution in [1.82, 2.24) is 14.8 Å². The molecule has 1 aliphatic heterocycles. The number of carboxylic acid groups (broad SMARTS) is 1. The van der Waals surface area contributed by atoms with Crippen molar-refractivity contribution in [2.24, 2.45) is 68.3 Å². The quantitative estimate of drug-likeness (QED) is 0.263. The van der Waals surface area contributed by atoms with E-state index in [1.807, 2.05) is 4.68 Å². The van der Waals surface area contributed by atoms with Gasteiger partial charge in [0.25, 0.3) is 0 Å². The molecule has 2 bridgehead atoms. The van der Waals surface area contributed by atoms with E-state index in [2.05, 4.69) is 96.2 Å². The molecule has 9 heteroatoms. The zero-order valence-electron chi connectivity index (χ0n) is 30.6. The summed E-state index contributed by atoms with van der Waals surface area (Å²) in [6.45, 7) is 24.4. The molecule has 3 saturated carbocycles. The first kappa shape index (κ1) is 35.5. The van der Waals surface area contributed by atoms with Crippen LogP contribution in [0.2, 0.25) is 0 Å². The highest BCUT2D eigenvalue weighted by molar-refractivity contribution is 9.10. The van der Waals surface area contributed by atoms with Gasteiger partial charge in [0.05, 0.1) is 37.9 Å². The average Bonchev–Trinajstić information content (AvgIpc) is 3.41. The van der Waals surface area contributed by atoms with Crippen LogP contribution in [0.3, 0.4) is 0 Å². The van der Waals surface area contributed by atoms with Gasteiger partial charge in [-0.25, -0.2) is 9.67 Å². The summed E-state index contributed by atoms with van der Waals surface area (Å²) < 4.78 is 16.4. The number of hydrogen-bond acceptors (Lipinski definition) is 6. The second kappa shape index (κ2) is 11.6. The number of rotatable bonds is 8. The first-order valence-corrected chi connectivity index (χ1v) is 19.1. The smallest absolute Gasteiger partial charge is 0.307 e. The molecule has 6 rings (SSSR count). The molecular formula is C38H61BrN4O4. The second-order valence-corrected chi connectivity index (χ2v) is 19.2. The van der Waals surface area contributed by atoms with Crippen molar-refractivity contribution < 1.29 is 19.4 Å². The highest BCUT2D eigenvalue weighted by Gasteiger charge is 2.72. The van der Waals surface area contributed by atoms with Gasteiger partial charge < -0.3 is 20.3 Å². The summed E-state index contributed by atoms with van der Waals surface area (Å²) in [6.07, 6.45) is 9.79. The number of hydrogen-bond donors (Lipinski definition) is 2. The number of aromatic nitrogens is 3. The van der Waals surface area contributed by atoms with E-state index >= 15 is 0 Å². The predicted molar refractivity (Wildman–Crippen MR) is 188 cm³/mol. The third kappa shape index (κ3) is 4.92. The van der Waals surface area contributed by atoms with E-state index < -0.39 is 17.4 Å². The van der Waals surface area contributed by atoms with Crippen molar-refractivity contribution in [3.8, 4) is 0 Å². The Labute approximate surface area is 291 Å². The molecule has 0 spiro atoms. The number of allylic oxidation sites excluding steroid dienone is 1. The van der Waals surface area contributed by atoms with Gasteiger partial charge >= 0.3 is 5.97 Å². The molecule has 1 aromatic heterocycles. The van der Waals surface area contributed by atoms with E-state index in [4.69, 9.17) is 20.3 Å². The van der Waals surface area contributed by atoms with Gasteiger partial charge in [-0.1, -0.05) is 74.0 Å². The fourth-order valence-electron chi connectivity index (χ4n) is 12.0. The minimum absolute atomic E-state index is 0.0472. The summed E-state index contributed by atoms with van der Waals surface area (Å²) in [4.78, 5) is 17.9. The summed E-state index contributed by atoms with van der Waals surface area (Å²) in [5.41, 5.74) is 6.69. The molecule has 0 aromatic carbocycles. The van der Waals surface area contributed by atoms with Crippen LogP contribution in [-0.4, -0.2) is 57.3 Å². The zero-order chi connectivity index (χ0) is 34.5. The average molecular weight is 718 g/mol. The van der Waals surface area contributed by atoms with Crippen LogP contribution in [0.1, 0.15) is 114 Å². The van der Waals surface area contributed by atoms with Crippen molar-refractivity contribution in [3.05, 3.63) is 22.7 Å². The molecule has 5 aliphatic rings. The molecule has 1 saturated heterocycles. The lowest BCUT2D eigenvalue weighted by Gasteiger charge is -2.71. The van der Waals surface area contributed by atoms with Crippen LogP contribution in [0, 0.1) is 62.6 Å². The number of ether oxygens (including phenoxy) is 2. The lowest BCUT2D eigenvalue weighted by molar-refractivity contribution is -0.253. The van der Waals surface area contributed by atoms with Crippen LogP contribution >= 0.6 is 15.9 Å². The Kier molecular flexibility index (Phi) is 8.79. The van der Waals surface area contributed by atoms with Crippen LogP contribution in [0.5, 0.6) is 0 Å².